The molecule has 0 spiro atoms. The quantitative estimate of drug-likeness (QED) is 0.236. The Bertz CT molecular complexity index is 349. The lowest BCUT2D eigenvalue weighted by Crippen LogP contribution is -2.35. The Morgan fingerprint density at radius 3 is 2.28 bits per heavy atom. The number of imide groups is 1. The van der Waals surface area contributed by atoms with E-state index in [-0.39, 0.29) is 6.42 Å². The summed E-state index contributed by atoms with van der Waals surface area (Å²) >= 11 is 0. The molecule has 0 rings (SSSR count). The highest BCUT2D eigenvalue weighted by atomic mass is 16.7. The number of carbonyl (C=O) groups is 3. The lowest BCUT2D eigenvalue weighted by Gasteiger charge is -2.15. The topological polar surface area (TPSA) is 112 Å². The van der Waals surface area contributed by atoms with Crippen LogP contribution in [0.2, 0.25) is 0 Å². The van der Waals surface area contributed by atoms with Gasteiger partial charge in [-0.25, -0.2) is 4.79 Å². The fraction of sp³-hybridized carbons (Fsp3) is 0.700. The minimum Gasteiger partial charge on any atom is -0.330 e. The minimum absolute atomic E-state index is 0.104. The van der Waals surface area contributed by atoms with Gasteiger partial charge in [-0.3, -0.25) is 9.59 Å². The fourth-order valence-corrected chi connectivity index (χ4v) is 1.17. The Balaban J connectivity index is 3.85. The van der Waals surface area contributed by atoms with Crippen LogP contribution in [0.5, 0.6) is 0 Å². The highest BCUT2D eigenvalue weighted by Gasteiger charge is 2.18. The van der Waals surface area contributed by atoms with Crippen LogP contribution in [0.15, 0.2) is 5.11 Å². The Hall–Kier alpha value is -2.08. The first-order valence-corrected chi connectivity index (χ1v) is 5.52. The van der Waals surface area contributed by atoms with Gasteiger partial charge in [0.1, 0.15) is 0 Å². The van der Waals surface area contributed by atoms with Gasteiger partial charge in [-0.1, -0.05) is 11.5 Å². The molecule has 0 N–H and O–H groups in total. The van der Waals surface area contributed by atoms with E-state index in [1.807, 2.05) is 0 Å². The van der Waals surface area contributed by atoms with Gasteiger partial charge in [0.05, 0.1) is 0 Å². The summed E-state index contributed by atoms with van der Waals surface area (Å²) in [4.78, 5) is 40.4. The zero-order chi connectivity index (χ0) is 14.0. The number of hydrogen-bond donors (Lipinski definition) is 0. The minimum atomic E-state index is -0.640. The molecule has 2 amide bonds. The molecule has 0 aromatic heterocycles. The molecule has 0 unspecified atom stereocenters. The van der Waals surface area contributed by atoms with Crippen LogP contribution in [0.3, 0.4) is 0 Å². The molecule has 0 radical (unpaired) electrons. The van der Waals surface area contributed by atoms with Gasteiger partial charge in [0.25, 0.3) is 11.8 Å². The summed E-state index contributed by atoms with van der Waals surface area (Å²) in [5.74, 6) is -1.91. The van der Waals surface area contributed by atoms with Crippen molar-refractivity contribution in [2.45, 2.75) is 39.5 Å². The normalized spacial score (nSPS) is 9.22. The molecule has 0 aliphatic carbocycles. The molecule has 0 fully saturated rings. The van der Waals surface area contributed by atoms with Crippen LogP contribution < -0.4 is 0 Å². The summed E-state index contributed by atoms with van der Waals surface area (Å²) in [6.07, 6.45) is 2.03. The molecule has 0 aliphatic heterocycles. The number of hydroxylamine groups is 2. The first-order valence-electron chi connectivity index (χ1n) is 5.52. The maximum atomic E-state index is 11.3. The zero-order valence-electron chi connectivity index (χ0n) is 10.5. The Morgan fingerprint density at radius 2 is 1.78 bits per heavy atom. The Labute approximate surface area is 104 Å². The average molecular weight is 256 g/mol. The largest absolute Gasteiger partial charge is 0.333 e. The van der Waals surface area contributed by atoms with Crippen LogP contribution in [-0.4, -0.2) is 29.4 Å². The molecule has 0 atom stereocenters. The van der Waals surface area contributed by atoms with Crippen LogP contribution in [0.4, 0.5) is 0 Å². The van der Waals surface area contributed by atoms with Crippen LogP contribution in [0.1, 0.15) is 39.5 Å². The van der Waals surface area contributed by atoms with E-state index in [0.717, 1.165) is 13.8 Å². The summed E-state index contributed by atoms with van der Waals surface area (Å²) in [6.45, 7) is 2.65. The van der Waals surface area contributed by atoms with Crippen molar-refractivity contribution in [2.24, 2.45) is 5.11 Å². The average Bonchev–Trinajstić information content (AvgIpc) is 2.29. The van der Waals surface area contributed by atoms with E-state index in [2.05, 4.69) is 14.9 Å². The van der Waals surface area contributed by atoms with E-state index >= 15 is 0 Å². The van der Waals surface area contributed by atoms with Crippen molar-refractivity contribution >= 4 is 17.8 Å². The molecule has 0 bridgehead atoms. The smallest absolute Gasteiger partial charge is 0.330 e. The molecule has 100 valence electrons. The monoisotopic (exact) mass is 256 g/mol. The van der Waals surface area contributed by atoms with Crippen LogP contribution in [0.25, 0.3) is 10.4 Å². The third-order valence-corrected chi connectivity index (χ3v) is 1.97. The third kappa shape index (κ3) is 7.24. The number of carbonyl (C=O) groups excluding carboxylic acids is 3. The SMILES string of the molecule is CC(=O)N(OC(=O)CCCCCN=[N+]=[N-])C(C)=O. The molecular formula is C10H16N4O4. The summed E-state index contributed by atoms with van der Waals surface area (Å²) < 4.78 is 0. The van der Waals surface area contributed by atoms with Crippen molar-refractivity contribution in [1.29, 1.82) is 0 Å². The molecule has 0 saturated carbocycles. The predicted octanol–water partition coefficient (Wildman–Crippen LogP) is 1.71. The predicted molar refractivity (Wildman–Crippen MR) is 61.8 cm³/mol. The standard InChI is InChI=1S/C10H16N4O4/c1-8(15)14(9(2)16)18-10(17)6-4-3-5-7-12-13-11/h3-7H2,1-2H3. The Morgan fingerprint density at radius 1 is 1.17 bits per heavy atom. The van der Waals surface area contributed by atoms with Crippen LogP contribution in [0, 0.1) is 0 Å². The van der Waals surface area contributed by atoms with Gasteiger partial charge < -0.3 is 4.84 Å². The number of hydrogen-bond acceptors (Lipinski definition) is 5. The van der Waals surface area contributed by atoms with Crippen LogP contribution in [-0.2, 0) is 19.2 Å². The van der Waals surface area contributed by atoms with Crippen molar-refractivity contribution in [1.82, 2.24) is 5.06 Å². The van der Waals surface area contributed by atoms with Crippen molar-refractivity contribution < 1.29 is 19.2 Å². The van der Waals surface area contributed by atoms with Gasteiger partial charge in [-0.2, -0.15) is 0 Å². The second-order valence-corrected chi connectivity index (χ2v) is 3.56. The maximum absolute atomic E-state index is 11.3. The lowest BCUT2D eigenvalue weighted by molar-refractivity contribution is -0.200. The molecule has 8 nitrogen and oxygen atoms in total. The summed E-state index contributed by atoms with van der Waals surface area (Å²) in [7, 11) is 0. The highest BCUT2D eigenvalue weighted by molar-refractivity contribution is 5.92. The molecular weight excluding hydrogens is 240 g/mol. The number of rotatable bonds is 6. The third-order valence-electron chi connectivity index (χ3n) is 1.97. The summed E-state index contributed by atoms with van der Waals surface area (Å²) in [5.41, 5.74) is 8.03. The molecule has 0 aromatic carbocycles. The van der Waals surface area contributed by atoms with Gasteiger partial charge in [0, 0.05) is 31.7 Å². The molecule has 8 heteroatoms. The number of amides is 2. The van der Waals surface area contributed by atoms with Crippen molar-refractivity contribution in [3.8, 4) is 0 Å². The summed E-state index contributed by atoms with van der Waals surface area (Å²) in [5, 5.41) is 3.78. The van der Waals surface area contributed by atoms with Crippen molar-refractivity contribution in [2.75, 3.05) is 6.54 Å². The number of unbranched alkanes of at least 4 members (excludes halogenated alkanes) is 2. The second-order valence-electron chi connectivity index (χ2n) is 3.56. The van der Waals surface area contributed by atoms with Crippen molar-refractivity contribution in [3.05, 3.63) is 10.4 Å². The van der Waals surface area contributed by atoms with E-state index in [9.17, 15) is 14.4 Å². The van der Waals surface area contributed by atoms with E-state index in [4.69, 9.17) is 5.53 Å². The van der Waals surface area contributed by atoms with Gasteiger partial charge in [0.2, 0.25) is 0 Å². The van der Waals surface area contributed by atoms with Gasteiger partial charge in [0.15, 0.2) is 0 Å². The first kappa shape index (κ1) is 15.9. The van der Waals surface area contributed by atoms with E-state index in [1.54, 1.807) is 0 Å². The second kappa shape index (κ2) is 9.00. The Kier molecular flexibility index (Phi) is 7.96. The number of nitrogens with zero attached hydrogens (tertiary/aromatic N) is 4. The zero-order valence-corrected chi connectivity index (χ0v) is 10.5. The fourth-order valence-electron chi connectivity index (χ4n) is 1.17. The lowest BCUT2D eigenvalue weighted by atomic mass is 10.2. The molecule has 0 aliphatic rings. The molecule has 18 heavy (non-hydrogen) atoms. The van der Waals surface area contributed by atoms with E-state index < -0.39 is 17.8 Å². The first-order chi connectivity index (χ1) is 8.49. The van der Waals surface area contributed by atoms with E-state index in [0.29, 0.717) is 30.9 Å². The van der Waals surface area contributed by atoms with Gasteiger partial charge in [-0.05, 0) is 18.4 Å². The van der Waals surface area contributed by atoms with Gasteiger partial charge in [-0.15, -0.1) is 5.06 Å². The number of azide groups is 1. The molecule has 0 aromatic rings. The summed E-state index contributed by atoms with van der Waals surface area (Å²) in [6, 6.07) is 0. The maximum Gasteiger partial charge on any atom is 0.333 e. The van der Waals surface area contributed by atoms with Crippen molar-refractivity contribution in [3.63, 3.8) is 0 Å². The van der Waals surface area contributed by atoms with Crippen LogP contribution >= 0.6 is 0 Å². The molecule has 0 saturated heterocycles. The highest BCUT2D eigenvalue weighted by Crippen LogP contribution is 2.04. The van der Waals surface area contributed by atoms with E-state index in [1.165, 1.54) is 0 Å². The molecule has 0 heterocycles. The van der Waals surface area contributed by atoms with Gasteiger partial charge >= 0.3 is 5.97 Å².